The molecule has 0 radical (unpaired) electrons. The molecule has 0 atom stereocenters. The molecule has 158 valence electrons. The van der Waals surface area contributed by atoms with Crippen molar-refractivity contribution in [2.24, 2.45) is 0 Å². The number of ether oxygens (including phenoxy) is 1. The van der Waals surface area contributed by atoms with Crippen LogP contribution in [0.5, 0.6) is 5.75 Å². The highest BCUT2D eigenvalue weighted by Crippen LogP contribution is 2.44. The van der Waals surface area contributed by atoms with Gasteiger partial charge in [0.1, 0.15) is 11.6 Å². The molecule has 5 rings (SSSR count). The van der Waals surface area contributed by atoms with E-state index >= 15 is 0 Å². The Bertz CT molecular complexity index is 1470. The Balaban J connectivity index is 1.95. The minimum Gasteiger partial charge on any atom is -0.497 e. The molecule has 5 aromatic rings. The SMILES string of the molecule is COc1ccc(-c2c3ccccc3c(-c3cc(F)c(F)c(F)c3)c3ccc(F)cc23)cc1. The van der Waals surface area contributed by atoms with Gasteiger partial charge in [-0.25, -0.2) is 17.6 Å². The highest BCUT2D eigenvalue weighted by atomic mass is 19.2. The normalized spacial score (nSPS) is 11.3. The number of benzene rings is 5. The Labute approximate surface area is 181 Å². The van der Waals surface area contributed by atoms with Crippen LogP contribution in [0.1, 0.15) is 0 Å². The highest BCUT2D eigenvalue weighted by molar-refractivity contribution is 6.21. The molecule has 0 N–H and O–H groups in total. The van der Waals surface area contributed by atoms with Gasteiger partial charge in [0, 0.05) is 0 Å². The van der Waals surface area contributed by atoms with E-state index in [1.807, 2.05) is 48.5 Å². The van der Waals surface area contributed by atoms with Crippen molar-refractivity contribution < 1.29 is 22.3 Å². The molecular weight excluding hydrogens is 416 g/mol. The average Bonchev–Trinajstić information content (AvgIpc) is 2.80. The molecule has 0 heterocycles. The molecule has 0 aliphatic heterocycles. The molecule has 0 saturated carbocycles. The van der Waals surface area contributed by atoms with E-state index in [4.69, 9.17) is 4.74 Å². The van der Waals surface area contributed by atoms with Crippen molar-refractivity contribution >= 4 is 21.5 Å². The summed E-state index contributed by atoms with van der Waals surface area (Å²) in [5, 5.41) is 2.66. The van der Waals surface area contributed by atoms with Crippen molar-refractivity contribution in [3.8, 4) is 28.0 Å². The fourth-order valence-corrected chi connectivity index (χ4v) is 4.23. The number of rotatable bonds is 3. The maximum absolute atomic E-state index is 14.4. The van der Waals surface area contributed by atoms with Crippen LogP contribution in [-0.2, 0) is 0 Å². The van der Waals surface area contributed by atoms with Crippen LogP contribution in [-0.4, -0.2) is 7.11 Å². The number of halogens is 4. The van der Waals surface area contributed by atoms with Gasteiger partial charge in [-0.05, 0) is 80.2 Å². The number of methoxy groups -OCH3 is 1. The van der Waals surface area contributed by atoms with Gasteiger partial charge in [-0.15, -0.1) is 0 Å². The highest BCUT2D eigenvalue weighted by Gasteiger charge is 2.19. The number of hydrogen-bond donors (Lipinski definition) is 0. The van der Waals surface area contributed by atoms with E-state index in [9.17, 15) is 17.6 Å². The first-order valence-electron chi connectivity index (χ1n) is 9.91. The molecule has 1 nitrogen and oxygen atoms in total. The van der Waals surface area contributed by atoms with Crippen molar-refractivity contribution in [2.75, 3.05) is 7.11 Å². The third-order valence-electron chi connectivity index (χ3n) is 5.64. The van der Waals surface area contributed by atoms with Crippen LogP contribution in [0.4, 0.5) is 17.6 Å². The van der Waals surface area contributed by atoms with Gasteiger partial charge in [-0.1, -0.05) is 42.5 Å². The van der Waals surface area contributed by atoms with E-state index in [2.05, 4.69) is 0 Å². The Morgan fingerprint density at radius 3 is 1.72 bits per heavy atom. The molecule has 0 bridgehead atoms. The van der Waals surface area contributed by atoms with Crippen molar-refractivity contribution in [1.29, 1.82) is 0 Å². The summed E-state index contributed by atoms with van der Waals surface area (Å²) < 4.78 is 61.5. The van der Waals surface area contributed by atoms with Crippen LogP contribution in [0.3, 0.4) is 0 Å². The van der Waals surface area contributed by atoms with Gasteiger partial charge >= 0.3 is 0 Å². The summed E-state index contributed by atoms with van der Waals surface area (Å²) in [6, 6.07) is 21.0. The van der Waals surface area contributed by atoms with Crippen molar-refractivity contribution in [3.63, 3.8) is 0 Å². The molecule has 0 spiro atoms. The molecule has 0 aliphatic carbocycles. The van der Waals surface area contributed by atoms with Crippen LogP contribution in [0.25, 0.3) is 43.8 Å². The van der Waals surface area contributed by atoms with Gasteiger partial charge in [-0.3, -0.25) is 0 Å². The third kappa shape index (κ3) is 3.17. The van der Waals surface area contributed by atoms with E-state index in [1.165, 1.54) is 12.1 Å². The minimum atomic E-state index is -1.52. The van der Waals surface area contributed by atoms with Crippen LogP contribution in [0, 0.1) is 23.3 Å². The van der Waals surface area contributed by atoms with Crippen molar-refractivity contribution in [2.45, 2.75) is 0 Å². The number of hydrogen-bond acceptors (Lipinski definition) is 1. The Morgan fingerprint density at radius 1 is 0.562 bits per heavy atom. The molecular formula is C27H16F4O. The minimum absolute atomic E-state index is 0.176. The Kier molecular flexibility index (Phi) is 4.82. The molecule has 0 saturated heterocycles. The predicted molar refractivity (Wildman–Crippen MR) is 119 cm³/mol. The van der Waals surface area contributed by atoms with Gasteiger partial charge in [0.25, 0.3) is 0 Å². The fourth-order valence-electron chi connectivity index (χ4n) is 4.23. The third-order valence-corrected chi connectivity index (χ3v) is 5.64. The van der Waals surface area contributed by atoms with Gasteiger partial charge in [0.05, 0.1) is 7.11 Å². The summed E-state index contributed by atoms with van der Waals surface area (Å²) in [4.78, 5) is 0. The van der Waals surface area contributed by atoms with Crippen LogP contribution >= 0.6 is 0 Å². The smallest absolute Gasteiger partial charge is 0.194 e. The van der Waals surface area contributed by atoms with E-state index in [0.29, 0.717) is 27.5 Å². The molecule has 0 aliphatic rings. The summed E-state index contributed by atoms with van der Waals surface area (Å²) in [5.74, 6) is -3.84. The van der Waals surface area contributed by atoms with Gasteiger partial charge in [0.15, 0.2) is 17.5 Å². The topological polar surface area (TPSA) is 9.23 Å². The second-order valence-corrected chi connectivity index (χ2v) is 7.47. The molecule has 0 fully saturated rings. The maximum Gasteiger partial charge on any atom is 0.194 e. The van der Waals surface area contributed by atoms with Gasteiger partial charge < -0.3 is 4.74 Å². The van der Waals surface area contributed by atoms with Crippen molar-refractivity contribution in [1.82, 2.24) is 0 Å². The summed E-state index contributed by atoms with van der Waals surface area (Å²) in [7, 11) is 1.57. The molecule has 0 aromatic heterocycles. The second-order valence-electron chi connectivity index (χ2n) is 7.47. The van der Waals surface area contributed by atoms with Crippen molar-refractivity contribution in [3.05, 3.63) is 102 Å². The first kappa shape index (κ1) is 20.1. The molecule has 5 heteroatoms. The Morgan fingerprint density at radius 2 is 1.12 bits per heavy atom. The monoisotopic (exact) mass is 432 g/mol. The maximum atomic E-state index is 14.4. The quantitative estimate of drug-likeness (QED) is 0.160. The standard InChI is InChI=1S/C27H16F4O/c1-32-18-9-6-15(7-10-18)25-19-4-2-3-5-20(19)26(21-11-8-17(28)14-22(21)25)16-12-23(29)27(31)24(30)13-16/h2-14H,1H3. The molecule has 32 heavy (non-hydrogen) atoms. The zero-order valence-corrected chi connectivity index (χ0v) is 16.9. The lowest BCUT2D eigenvalue weighted by atomic mass is 9.86. The van der Waals surface area contributed by atoms with E-state index in [-0.39, 0.29) is 5.56 Å². The first-order chi connectivity index (χ1) is 15.5. The predicted octanol–water partition coefficient (Wildman–Crippen LogP) is 7.89. The summed E-state index contributed by atoms with van der Waals surface area (Å²) in [6.45, 7) is 0. The van der Waals surface area contributed by atoms with E-state index < -0.39 is 23.3 Å². The molecule has 0 unspecified atom stereocenters. The summed E-state index contributed by atoms with van der Waals surface area (Å²) >= 11 is 0. The van der Waals surface area contributed by atoms with Gasteiger partial charge in [0.2, 0.25) is 0 Å². The van der Waals surface area contributed by atoms with E-state index in [0.717, 1.165) is 28.6 Å². The Hall–Kier alpha value is -3.86. The fraction of sp³-hybridized carbons (Fsp3) is 0.0370. The second kappa shape index (κ2) is 7.68. The van der Waals surface area contributed by atoms with E-state index in [1.54, 1.807) is 13.2 Å². The lowest BCUT2D eigenvalue weighted by Gasteiger charge is -2.18. The summed E-state index contributed by atoms with van der Waals surface area (Å²) in [5.41, 5.74) is 2.30. The van der Waals surface area contributed by atoms with Crippen LogP contribution in [0.2, 0.25) is 0 Å². The molecule has 5 aromatic carbocycles. The van der Waals surface area contributed by atoms with Crippen LogP contribution in [0.15, 0.2) is 78.9 Å². The number of fused-ring (bicyclic) bond motifs is 2. The summed E-state index contributed by atoms with van der Waals surface area (Å²) in [6.07, 6.45) is 0. The first-order valence-corrected chi connectivity index (χ1v) is 9.91. The molecule has 0 amide bonds. The lowest BCUT2D eigenvalue weighted by Crippen LogP contribution is -1.95. The van der Waals surface area contributed by atoms with Crippen LogP contribution < -0.4 is 4.74 Å². The average molecular weight is 432 g/mol. The lowest BCUT2D eigenvalue weighted by molar-refractivity contribution is 0.415. The van der Waals surface area contributed by atoms with Gasteiger partial charge in [-0.2, -0.15) is 0 Å². The largest absolute Gasteiger partial charge is 0.497 e. The zero-order valence-electron chi connectivity index (χ0n) is 16.9. The zero-order chi connectivity index (χ0) is 22.4.